The molecule has 1 N–H and O–H groups in total. The van der Waals surface area contributed by atoms with E-state index in [-0.39, 0.29) is 23.9 Å². The van der Waals surface area contributed by atoms with E-state index >= 15 is 0 Å². The van der Waals surface area contributed by atoms with Crippen molar-refractivity contribution in [2.24, 2.45) is 0 Å². The Morgan fingerprint density at radius 1 is 1.21 bits per heavy atom. The number of carbonyl (C=O) groups is 1. The van der Waals surface area contributed by atoms with E-state index in [1.165, 1.54) is 12.2 Å². The third-order valence-electron chi connectivity index (χ3n) is 3.20. The van der Waals surface area contributed by atoms with Gasteiger partial charge in [0.05, 0.1) is 12.7 Å². The number of hydrogen-bond acceptors (Lipinski definition) is 4. The van der Waals surface area contributed by atoms with Gasteiger partial charge in [0.25, 0.3) is 0 Å². The lowest BCUT2D eigenvalue weighted by molar-refractivity contribution is -0.111. The van der Waals surface area contributed by atoms with Crippen LogP contribution in [0.5, 0.6) is 5.75 Å². The lowest BCUT2D eigenvalue weighted by Crippen LogP contribution is -2.07. The maximum atomic E-state index is 11.9. The number of allylic oxidation sites excluding steroid dienone is 3. The zero-order valence-corrected chi connectivity index (χ0v) is 10.3. The van der Waals surface area contributed by atoms with E-state index in [1.54, 1.807) is 7.11 Å². The predicted molar refractivity (Wildman–Crippen MR) is 69.7 cm³/mol. The molecule has 0 saturated carbocycles. The van der Waals surface area contributed by atoms with Crippen LogP contribution in [-0.4, -0.2) is 24.6 Å². The lowest BCUT2D eigenvalue weighted by atomic mass is 9.95. The Hall–Kier alpha value is -2.49. The van der Waals surface area contributed by atoms with Gasteiger partial charge in [-0.15, -0.1) is 0 Å². The molecule has 1 heterocycles. The van der Waals surface area contributed by atoms with Crippen molar-refractivity contribution in [3.63, 3.8) is 0 Å². The van der Waals surface area contributed by atoms with Gasteiger partial charge in [0, 0.05) is 5.57 Å². The van der Waals surface area contributed by atoms with Crippen LogP contribution in [0.3, 0.4) is 0 Å². The van der Waals surface area contributed by atoms with E-state index in [4.69, 9.17) is 9.47 Å². The van der Waals surface area contributed by atoms with Crippen LogP contribution in [0.1, 0.15) is 5.56 Å². The van der Waals surface area contributed by atoms with E-state index in [9.17, 15) is 9.90 Å². The molecule has 1 aliphatic heterocycles. The van der Waals surface area contributed by atoms with Gasteiger partial charge < -0.3 is 14.6 Å². The number of aliphatic hydroxyl groups excluding tert-OH is 1. The summed E-state index contributed by atoms with van der Waals surface area (Å²) in [6, 6.07) is 7.40. The predicted octanol–water partition coefficient (Wildman–Crippen LogP) is 2.39. The first-order valence-corrected chi connectivity index (χ1v) is 5.87. The number of carbonyl (C=O) groups excluding carboxylic acids is 1. The Labute approximate surface area is 110 Å². The van der Waals surface area contributed by atoms with Crippen LogP contribution in [0.2, 0.25) is 0 Å². The van der Waals surface area contributed by atoms with Gasteiger partial charge in [-0.25, -0.2) is 0 Å². The fourth-order valence-electron chi connectivity index (χ4n) is 2.22. The molecule has 0 amide bonds. The summed E-state index contributed by atoms with van der Waals surface area (Å²) in [6.45, 7) is 0.286. The van der Waals surface area contributed by atoms with Gasteiger partial charge in [0.1, 0.15) is 12.4 Å². The number of ketones is 1. The quantitative estimate of drug-likeness (QED) is 0.882. The maximum absolute atomic E-state index is 11.9. The summed E-state index contributed by atoms with van der Waals surface area (Å²) in [5.41, 5.74) is 2.13. The van der Waals surface area contributed by atoms with E-state index in [2.05, 4.69) is 0 Å². The Morgan fingerprint density at radius 2 is 1.95 bits per heavy atom. The number of rotatable bonds is 2. The molecule has 4 nitrogen and oxygen atoms in total. The summed E-state index contributed by atoms with van der Waals surface area (Å²) in [5.74, 6) is 0.884. The van der Waals surface area contributed by atoms with Crippen LogP contribution in [0.15, 0.2) is 53.5 Å². The Morgan fingerprint density at radius 3 is 2.63 bits per heavy atom. The summed E-state index contributed by atoms with van der Waals surface area (Å²) in [7, 11) is 1.60. The molecule has 1 aliphatic carbocycles. The summed E-state index contributed by atoms with van der Waals surface area (Å²) >= 11 is 0. The molecule has 96 valence electrons. The second kappa shape index (κ2) is 4.31. The zero-order valence-electron chi connectivity index (χ0n) is 10.3. The molecule has 0 unspecified atom stereocenters. The van der Waals surface area contributed by atoms with Crippen LogP contribution in [-0.2, 0) is 9.53 Å². The van der Waals surface area contributed by atoms with Crippen LogP contribution >= 0.6 is 0 Å². The SMILES string of the molecule is COc1ccc(C2=C3C(=O)C=CC(O)=C3OC2)cc1. The summed E-state index contributed by atoms with van der Waals surface area (Å²) in [5, 5.41) is 9.71. The first-order valence-electron chi connectivity index (χ1n) is 5.87. The molecule has 0 radical (unpaired) electrons. The van der Waals surface area contributed by atoms with Gasteiger partial charge in [-0.2, -0.15) is 0 Å². The van der Waals surface area contributed by atoms with E-state index in [0.717, 1.165) is 16.9 Å². The molecule has 3 rings (SSSR count). The van der Waals surface area contributed by atoms with Crippen molar-refractivity contribution in [2.45, 2.75) is 0 Å². The molecular formula is C15H12O4. The fourth-order valence-corrected chi connectivity index (χ4v) is 2.22. The Balaban J connectivity index is 2.09. The molecule has 19 heavy (non-hydrogen) atoms. The second-order valence-corrected chi connectivity index (χ2v) is 4.28. The summed E-state index contributed by atoms with van der Waals surface area (Å²) < 4.78 is 10.5. The van der Waals surface area contributed by atoms with Gasteiger partial charge in [0.2, 0.25) is 0 Å². The third kappa shape index (κ3) is 1.81. The molecule has 0 fully saturated rings. The third-order valence-corrected chi connectivity index (χ3v) is 3.20. The number of hydrogen-bond donors (Lipinski definition) is 1. The molecule has 0 spiro atoms. The number of ether oxygens (including phenoxy) is 2. The van der Waals surface area contributed by atoms with Crippen molar-refractivity contribution in [1.29, 1.82) is 0 Å². The van der Waals surface area contributed by atoms with Crippen molar-refractivity contribution < 1.29 is 19.4 Å². The number of methoxy groups -OCH3 is 1. The number of benzene rings is 1. The Kier molecular flexibility index (Phi) is 2.63. The zero-order chi connectivity index (χ0) is 13.4. The van der Waals surface area contributed by atoms with E-state index < -0.39 is 0 Å². The Bertz CT molecular complexity index is 633. The van der Waals surface area contributed by atoms with Crippen LogP contribution in [0.4, 0.5) is 0 Å². The van der Waals surface area contributed by atoms with Crippen molar-refractivity contribution >= 4 is 11.4 Å². The van der Waals surface area contributed by atoms with E-state index in [0.29, 0.717) is 5.57 Å². The number of aliphatic hydroxyl groups is 1. The highest BCUT2D eigenvalue weighted by atomic mass is 16.5. The topological polar surface area (TPSA) is 55.8 Å². The van der Waals surface area contributed by atoms with Crippen LogP contribution in [0, 0.1) is 0 Å². The minimum atomic E-state index is -0.142. The highest BCUT2D eigenvalue weighted by molar-refractivity contribution is 6.14. The fraction of sp³-hybridized carbons (Fsp3) is 0.133. The van der Waals surface area contributed by atoms with Crippen molar-refractivity contribution in [2.75, 3.05) is 13.7 Å². The van der Waals surface area contributed by atoms with Gasteiger partial charge in [-0.05, 0) is 29.8 Å². The highest BCUT2D eigenvalue weighted by Crippen LogP contribution is 2.36. The minimum absolute atomic E-state index is 0.00175. The van der Waals surface area contributed by atoms with E-state index in [1.807, 2.05) is 24.3 Å². The summed E-state index contributed by atoms with van der Waals surface area (Å²) in [6.07, 6.45) is 2.71. The van der Waals surface area contributed by atoms with Gasteiger partial charge >= 0.3 is 0 Å². The standard InChI is InChI=1S/C15H12O4/c1-18-10-4-2-9(3-5-10)11-8-19-15-13(17)7-6-12(16)14(11)15/h2-7,17H,8H2,1H3. The lowest BCUT2D eigenvalue weighted by Gasteiger charge is -2.08. The van der Waals surface area contributed by atoms with Crippen molar-refractivity contribution in [3.05, 3.63) is 59.1 Å². The van der Waals surface area contributed by atoms with Gasteiger partial charge in [0.15, 0.2) is 17.3 Å². The average Bonchev–Trinajstić information content (AvgIpc) is 2.89. The van der Waals surface area contributed by atoms with Gasteiger partial charge in [-0.3, -0.25) is 4.79 Å². The van der Waals surface area contributed by atoms with Crippen LogP contribution in [0.25, 0.3) is 5.57 Å². The smallest absolute Gasteiger partial charge is 0.190 e. The first-order chi connectivity index (χ1) is 9.20. The molecule has 1 aromatic carbocycles. The average molecular weight is 256 g/mol. The molecule has 0 bridgehead atoms. The van der Waals surface area contributed by atoms with Gasteiger partial charge in [-0.1, -0.05) is 12.1 Å². The van der Waals surface area contributed by atoms with Crippen molar-refractivity contribution in [1.82, 2.24) is 0 Å². The normalized spacial score (nSPS) is 17.6. The van der Waals surface area contributed by atoms with Crippen molar-refractivity contribution in [3.8, 4) is 5.75 Å². The molecular weight excluding hydrogens is 244 g/mol. The molecule has 4 heteroatoms. The minimum Gasteiger partial charge on any atom is -0.504 e. The summed E-state index contributed by atoms with van der Waals surface area (Å²) in [4.78, 5) is 11.9. The molecule has 0 aromatic heterocycles. The highest BCUT2D eigenvalue weighted by Gasteiger charge is 2.31. The molecule has 1 aromatic rings. The second-order valence-electron chi connectivity index (χ2n) is 4.28. The van der Waals surface area contributed by atoms with Crippen LogP contribution < -0.4 is 4.74 Å². The largest absolute Gasteiger partial charge is 0.504 e. The molecule has 2 aliphatic rings. The number of fused-ring (bicyclic) bond motifs is 1. The maximum Gasteiger partial charge on any atom is 0.190 e. The monoisotopic (exact) mass is 256 g/mol. The molecule has 0 atom stereocenters. The first kappa shape index (κ1) is 11.6. The molecule has 0 saturated heterocycles.